The monoisotopic (exact) mass is 384 g/mol. The van der Waals surface area contributed by atoms with Crippen LogP contribution in [0.15, 0.2) is 42.5 Å². The molecule has 0 fully saturated rings. The number of rotatable bonds is 14. The second kappa shape index (κ2) is 13.4. The second-order valence-corrected chi connectivity index (χ2v) is 7.77. The summed E-state index contributed by atoms with van der Waals surface area (Å²) in [6.07, 6.45) is 13.9. The van der Waals surface area contributed by atoms with Gasteiger partial charge in [-0.1, -0.05) is 95.5 Å². The molecule has 2 aromatic carbocycles. The molecule has 2 rings (SSSR count). The first-order chi connectivity index (χ1) is 13.7. The third-order valence-electron chi connectivity index (χ3n) is 5.29. The van der Waals surface area contributed by atoms with Crippen molar-refractivity contribution in [1.29, 1.82) is 0 Å². The highest BCUT2D eigenvalue weighted by Crippen LogP contribution is 2.26. The van der Waals surface area contributed by atoms with E-state index < -0.39 is 0 Å². The summed E-state index contributed by atoms with van der Waals surface area (Å²) in [5.41, 5.74) is 3.33. The molecular weight excluding hydrogens is 347 g/mol. The molecule has 1 nitrogen and oxygen atoms in total. The van der Waals surface area contributed by atoms with Gasteiger partial charge in [0.15, 0.2) is 11.6 Å². The average molecular weight is 385 g/mol. The Morgan fingerprint density at radius 3 is 1.93 bits per heavy atom. The SMILES string of the molecule is CCCCCCCCCCc1ccc(-c2ccc(OCCCC)c(F)c2)cc1. The van der Waals surface area contributed by atoms with Gasteiger partial charge < -0.3 is 4.74 Å². The summed E-state index contributed by atoms with van der Waals surface area (Å²) in [5.74, 6) is 0.0696. The van der Waals surface area contributed by atoms with Crippen molar-refractivity contribution >= 4 is 0 Å². The molecule has 154 valence electrons. The highest BCUT2D eigenvalue weighted by Gasteiger charge is 2.06. The molecule has 0 atom stereocenters. The topological polar surface area (TPSA) is 9.23 Å². The third kappa shape index (κ3) is 8.04. The van der Waals surface area contributed by atoms with Gasteiger partial charge in [0, 0.05) is 0 Å². The highest BCUT2D eigenvalue weighted by atomic mass is 19.1. The Kier molecular flexibility index (Phi) is 10.7. The summed E-state index contributed by atoms with van der Waals surface area (Å²) in [6.45, 7) is 4.93. The average Bonchev–Trinajstić information content (AvgIpc) is 2.72. The molecule has 0 bridgehead atoms. The molecule has 0 amide bonds. The van der Waals surface area contributed by atoms with Gasteiger partial charge in [0.2, 0.25) is 0 Å². The standard InChI is InChI=1S/C26H37FO/c1-3-5-7-8-9-10-11-12-13-22-14-16-23(17-15-22)24-18-19-26(25(27)21-24)28-20-6-4-2/h14-19,21H,3-13,20H2,1-2H3. The van der Waals surface area contributed by atoms with Crippen molar-refractivity contribution in [3.63, 3.8) is 0 Å². The van der Waals surface area contributed by atoms with Crippen LogP contribution in [0, 0.1) is 5.82 Å². The predicted octanol–water partition coefficient (Wildman–Crippen LogP) is 8.35. The molecular formula is C26H37FO. The molecule has 0 aliphatic carbocycles. The molecule has 0 saturated heterocycles. The van der Waals surface area contributed by atoms with Crippen LogP contribution in [-0.4, -0.2) is 6.61 Å². The number of unbranched alkanes of at least 4 members (excludes halogenated alkanes) is 8. The van der Waals surface area contributed by atoms with Crippen molar-refractivity contribution < 1.29 is 9.13 Å². The lowest BCUT2D eigenvalue weighted by Gasteiger charge is -2.09. The van der Waals surface area contributed by atoms with Crippen LogP contribution in [0.4, 0.5) is 4.39 Å². The van der Waals surface area contributed by atoms with E-state index in [-0.39, 0.29) is 5.82 Å². The van der Waals surface area contributed by atoms with E-state index in [1.54, 1.807) is 12.1 Å². The zero-order valence-electron chi connectivity index (χ0n) is 17.8. The fourth-order valence-corrected chi connectivity index (χ4v) is 3.45. The Morgan fingerprint density at radius 2 is 1.29 bits per heavy atom. The fourth-order valence-electron chi connectivity index (χ4n) is 3.45. The lowest BCUT2D eigenvalue weighted by molar-refractivity contribution is 0.294. The zero-order chi connectivity index (χ0) is 20.0. The fraction of sp³-hybridized carbons (Fsp3) is 0.538. The quantitative estimate of drug-likeness (QED) is 0.297. The summed E-state index contributed by atoms with van der Waals surface area (Å²) >= 11 is 0. The van der Waals surface area contributed by atoms with Crippen LogP contribution in [0.3, 0.4) is 0 Å². The molecule has 0 aliphatic heterocycles. The van der Waals surface area contributed by atoms with Gasteiger partial charge in [-0.05, 0) is 48.1 Å². The van der Waals surface area contributed by atoms with E-state index in [1.165, 1.54) is 56.9 Å². The van der Waals surface area contributed by atoms with Gasteiger partial charge in [-0.15, -0.1) is 0 Å². The lowest BCUT2D eigenvalue weighted by Crippen LogP contribution is -1.98. The van der Waals surface area contributed by atoms with Gasteiger partial charge in [0.25, 0.3) is 0 Å². The van der Waals surface area contributed by atoms with Gasteiger partial charge in [-0.2, -0.15) is 0 Å². The minimum atomic E-state index is -0.281. The van der Waals surface area contributed by atoms with Crippen molar-refractivity contribution in [1.82, 2.24) is 0 Å². The summed E-state index contributed by atoms with van der Waals surface area (Å²) in [5, 5.41) is 0. The molecule has 28 heavy (non-hydrogen) atoms. The third-order valence-corrected chi connectivity index (χ3v) is 5.29. The van der Waals surface area contributed by atoms with Crippen molar-refractivity contribution in [2.75, 3.05) is 6.61 Å². The molecule has 0 aliphatic rings. The Hall–Kier alpha value is -1.83. The minimum absolute atomic E-state index is 0.281. The summed E-state index contributed by atoms with van der Waals surface area (Å²) < 4.78 is 19.8. The van der Waals surface area contributed by atoms with E-state index in [0.29, 0.717) is 12.4 Å². The van der Waals surface area contributed by atoms with E-state index in [2.05, 4.69) is 38.1 Å². The lowest BCUT2D eigenvalue weighted by atomic mass is 10.0. The smallest absolute Gasteiger partial charge is 0.165 e. The summed E-state index contributed by atoms with van der Waals surface area (Å²) in [4.78, 5) is 0. The number of aryl methyl sites for hydroxylation is 1. The van der Waals surface area contributed by atoms with Crippen LogP contribution in [0.1, 0.15) is 83.6 Å². The summed E-state index contributed by atoms with van der Waals surface area (Å²) in [7, 11) is 0. The van der Waals surface area contributed by atoms with Crippen LogP contribution in [0.5, 0.6) is 5.75 Å². The molecule has 2 aromatic rings. The normalized spacial score (nSPS) is 11.0. The van der Waals surface area contributed by atoms with E-state index in [4.69, 9.17) is 4.74 Å². The molecule has 0 radical (unpaired) electrons. The zero-order valence-corrected chi connectivity index (χ0v) is 17.8. The molecule has 0 spiro atoms. The first-order valence-corrected chi connectivity index (χ1v) is 11.3. The first-order valence-electron chi connectivity index (χ1n) is 11.3. The predicted molar refractivity (Wildman–Crippen MR) is 119 cm³/mol. The minimum Gasteiger partial charge on any atom is -0.491 e. The second-order valence-electron chi connectivity index (χ2n) is 7.77. The largest absolute Gasteiger partial charge is 0.491 e. The molecule has 0 unspecified atom stereocenters. The molecule has 0 saturated carbocycles. The van der Waals surface area contributed by atoms with E-state index >= 15 is 0 Å². The molecule has 0 aromatic heterocycles. The van der Waals surface area contributed by atoms with Crippen molar-refractivity contribution in [2.45, 2.75) is 84.5 Å². The maximum atomic E-state index is 14.3. The van der Waals surface area contributed by atoms with Crippen LogP contribution < -0.4 is 4.74 Å². The van der Waals surface area contributed by atoms with Gasteiger partial charge >= 0.3 is 0 Å². The van der Waals surface area contributed by atoms with E-state index in [0.717, 1.165) is 30.4 Å². The van der Waals surface area contributed by atoms with Gasteiger partial charge in [-0.25, -0.2) is 4.39 Å². The maximum absolute atomic E-state index is 14.3. The van der Waals surface area contributed by atoms with Crippen LogP contribution in [-0.2, 0) is 6.42 Å². The van der Waals surface area contributed by atoms with Crippen LogP contribution >= 0.6 is 0 Å². The Morgan fingerprint density at radius 1 is 0.679 bits per heavy atom. The summed E-state index contributed by atoms with van der Waals surface area (Å²) in [6, 6.07) is 13.8. The van der Waals surface area contributed by atoms with Gasteiger partial charge in [0.1, 0.15) is 0 Å². The highest BCUT2D eigenvalue weighted by molar-refractivity contribution is 5.64. The number of hydrogen-bond donors (Lipinski definition) is 0. The number of halogens is 1. The number of benzene rings is 2. The first kappa shape index (κ1) is 22.5. The van der Waals surface area contributed by atoms with Gasteiger partial charge in [0.05, 0.1) is 6.61 Å². The van der Waals surface area contributed by atoms with Gasteiger partial charge in [-0.3, -0.25) is 0 Å². The number of hydrogen-bond acceptors (Lipinski definition) is 1. The van der Waals surface area contributed by atoms with Crippen molar-refractivity contribution in [2.24, 2.45) is 0 Å². The Bertz CT molecular complexity index is 663. The number of ether oxygens (including phenoxy) is 1. The van der Waals surface area contributed by atoms with Crippen molar-refractivity contribution in [3.05, 3.63) is 53.8 Å². The van der Waals surface area contributed by atoms with Crippen molar-refractivity contribution in [3.8, 4) is 16.9 Å². The molecule has 2 heteroatoms. The molecule has 0 heterocycles. The van der Waals surface area contributed by atoms with Crippen LogP contribution in [0.25, 0.3) is 11.1 Å². The molecule has 0 N–H and O–H groups in total. The van der Waals surface area contributed by atoms with Crippen LogP contribution in [0.2, 0.25) is 0 Å². The van der Waals surface area contributed by atoms with E-state index in [9.17, 15) is 4.39 Å². The Labute approximate surface area is 171 Å². The maximum Gasteiger partial charge on any atom is 0.165 e. The van der Waals surface area contributed by atoms with E-state index in [1.807, 2.05) is 6.07 Å². The Balaban J connectivity index is 1.76.